The average molecular weight is 194 g/mol. The summed E-state index contributed by atoms with van der Waals surface area (Å²) in [6.07, 6.45) is 0.665. The number of carbonyl (C=O) groups excluding carboxylic acids is 1. The molecular weight excluding hydrogens is 183 g/mol. The van der Waals surface area contributed by atoms with Crippen molar-refractivity contribution in [2.24, 2.45) is 0 Å². The lowest BCUT2D eigenvalue weighted by molar-refractivity contribution is 0.111. The highest BCUT2D eigenvalue weighted by Crippen LogP contribution is 2.24. The van der Waals surface area contributed by atoms with Crippen LogP contribution >= 0.6 is 0 Å². The molecule has 0 heterocycles. The van der Waals surface area contributed by atoms with Gasteiger partial charge >= 0.3 is 7.48 Å². The average Bonchev–Trinajstić information content (AvgIpc) is 2.26. The highest BCUT2D eigenvalue weighted by molar-refractivity contribution is 6.45. The van der Waals surface area contributed by atoms with Gasteiger partial charge in [-0.15, -0.1) is 0 Å². The molecule has 0 bridgehead atoms. The van der Waals surface area contributed by atoms with Crippen LogP contribution in [-0.4, -0.2) is 33.0 Å². The first-order valence-electron chi connectivity index (χ1n) is 4.07. The number of methoxy groups -OCH3 is 2. The number of ether oxygens (including phenoxy) is 2. The van der Waals surface area contributed by atoms with Crippen LogP contribution in [-0.2, 0) is 0 Å². The first-order chi connectivity index (χ1) is 6.76. The summed E-state index contributed by atoms with van der Waals surface area (Å²) < 4.78 is 10.00. The number of carbonyl (C=O) groups is 1. The van der Waals surface area contributed by atoms with Gasteiger partial charge in [0.15, 0.2) is 6.29 Å². The molecule has 5 heteroatoms. The predicted octanol–water partition coefficient (Wildman–Crippen LogP) is -0.515. The van der Waals surface area contributed by atoms with Crippen LogP contribution in [0.25, 0.3) is 0 Å². The van der Waals surface area contributed by atoms with Gasteiger partial charge in [0, 0.05) is 0 Å². The molecule has 0 radical (unpaired) electrons. The molecule has 0 spiro atoms. The van der Waals surface area contributed by atoms with Crippen molar-refractivity contribution in [3.05, 3.63) is 17.7 Å². The summed E-state index contributed by atoms with van der Waals surface area (Å²) in [6, 6.07) is 3.21. The molecule has 0 saturated heterocycles. The summed E-state index contributed by atoms with van der Waals surface area (Å²) in [5.74, 6) is 0.812. The van der Waals surface area contributed by atoms with E-state index in [0.29, 0.717) is 28.8 Å². The van der Waals surface area contributed by atoms with Gasteiger partial charge in [-0.05, 0) is 17.6 Å². The van der Waals surface area contributed by atoms with Gasteiger partial charge < -0.3 is 14.5 Å². The Bertz CT molecular complexity index is 313. The van der Waals surface area contributed by atoms with Crippen molar-refractivity contribution in [2.45, 2.75) is 0 Å². The van der Waals surface area contributed by atoms with Gasteiger partial charge in [-0.3, -0.25) is 4.79 Å². The lowest BCUT2D eigenvalue weighted by Gasteiger charge is -2.10. The van der Waals surface area contributed by atoms with Crippen molar-refractivity contribution in [3.63, 3.8) is 0 Å². The fourth-order valence-electron chi connectivity index (χ4n) is 1.20. The van der Waals surface area contributed by atoms with E-state index < -0.39 is 0 Å². The van der Waals surface area contributed by atoms with E-state index in [9.17, 15) is 4.79 Å². The maximum absolute atomic E-state index is 10.7. The number of benzene rings is 1. The molecule has 1 N–H and O–H groups in total. The minimum atomic E-state index is -0.119. The summed E-state index contributed by atoms with van der Waals surface area (Å²) >= 11 is 0. The van der Waals surface area contributed by atoms with Crippen molar-refractivity contribution in [1.82, 2.24) is 0 Å². The van der Waals surface area contributed by atoms with Crippen LogP contribution in [0, 0.1) is 0 Å². The van der Waals surface area contributed by atoms with Gasteiger partial charge in [0.1, 0.15) is 11.5 Å². The summed E-state index contributed by atoms with van der Waals surface area (Å²) in [6.45, 7) is 0. The molecule has 0 aromatic heterocycles. The number of rotatable bonds is 4. The SMILES string of the molecule is COc1cc(BO)cc(OC)c1C=O. The highest BCUT2D eigenvalue weighted by Gasteiger charge is 2.11. The molecule has 0 atom stereocenters. The molecule has 0 fully saturated rings. The maximum Gasteiger partial charge on any atom is 0.305 e. The zero-order valence-electron chi connectivity index (χ0n) is 8.11. The normalized spacial score (nSPS) is 9.36. The Morgan fingerprint density at radius 2 is 1.79 bits per heavy atom. The second-order valence-electron chi connectivity index (χ2n) is 2.69. The van der Waals surface area contributed by atoms with E-state index in [4.69, 9.17) is 14.5 Å². The van der Waals surface area contributed by atoms with Gasteiger partial charge in [0.05, 0.1) is 19.8 Å². The second kappa shape index (κ2) is 4.67. The van der Waals surface area contributed by atoms with E-state index in [1.165, 1.54) is 14.2 Å². The Labute approximate surface area is 82.7 Å². The van der Waals surface area contributed by atoms with Crippen LogP contribution in [0.1, 0.15) is 10.4 Å². The van der Waals surface area contributed by atoms with E-state index in [1.807, 2.05) is 0 Å². The molecule has 14 heavy (non-hydrogen) atoms. The molecule has 0 amide bonds. The second-order valence-corrected chi connectivity index (χ2v) is 2.69. The van der Waals surface area contributed by atoms with Crippen molar-refractivity contribution in [2.75, 3.05) is 14.2 Å². The minimum absolute atomic E-state index is 0.119. The zero-order chi connectivity index (χ0) is 10.6. The number of hydrogen-bond acceptors (Lipinski definition) is 4. The third-order valence-corrected chi connectivity index (χ3v) is 1.90. The molecule has 0 unspecified atom stereocenters. The zero-order valence-corrected chi connectivity index (χ0v) is 8.11. The number of hydrogen-bond donors (Lipinski definition) is 1. The third-order valence-electron chi connectivity index (χ3n) is 1.90. The lowest BCUT2D eigenvalue weighted by atomic mass is 9.87. The third kappa shape index (κ3) is 1.88. The number of aldehydes is 1. The summed E-state index contributed by atoms with van der Waals surface area (Å²) in [7, 11) is 2.80. The van der Waals surface area contributed by atoms with Gasteiger partial charge in [0.25, 0.3) is 0 Å². The largest absolute Gasteiger partial charge is 0.496 e. The Kier molecular flexibility index (Phi) is 3.53. The molecule has 0 aliphatic heterocycles. The molecule has 1 aromatic rings. The van der Waals surface area contributed by atoms with Crippen molar-refractivity contribution in [3.8, 4) is 11.5 Å². The van der Waals surface area contributed by atoms with Crippen LogP contribution in [0.2, 0.25) is 0 Å². The standard InChI is InChI=1S/C9H11BO4/c1-13-8-3-6(10-12)4-9(14-2)7(8)5-11/h3-5,10,12H,1-2H3. The molecule has 0 saturated carbocycles. The van der Waals surface area contributed by atoms with E-state index in [-0.39, 0.29) is 7.48 Å². The summed E-state index contributed by atoms with van der Waals surface area (Å²) in [5, 5.41) is 8.94. The Morgan fingerprint density at radius 3 is 2.07 bits per heavy atom. The predicted molar refractivity (Wildman–Crippen MR) is 53.9 cm³/mol. The summed E-state index contributed by atoms with van der Waals surface area (Å²) in [5.41, 5.74) is 0.997. The lowest BCUT2D eigenvalue weighted by Crippen LogP contribution is -2.15. The van der Waals surface area contributed by atoms with Crippen LogP contribution in [0.15, 0.2) is 12.1 Å². The van der Waals surface area contributed by atoms with E-state index in [2.05, 4.69) is 0 Å². The molecule has 4 nitrogen and oxygen atoms in total. The van der Waals surface area contributed by atoms with Gasteiger partial charge in [-0.25, -0.2) is 0 Å². The first kappa shape index (κ1) is 10.6. The molecule has 1 rings (SSSR count). The van der Waals surface area contributed by atoms with Crippen molar-refractivity contribution >= 4 is 19.2 Å². The molecule has 74 valence electrons. The quantitative estimate of drug-likeness (QED) is 0.517. The van der Waals surface area contributed by atoms with E-state index in [0.717, 1.165) is 0 Å². The molecular formula is C9H11BO4. The van der Waals surface area contributed by atoms with Gasteiger partial charge in [0.2, 0.25) is 0 Å². The Morgan fingerprint density at radius 1 is 1.29 bits per heavy atom. The minimum Gasteiger partial charge on any atom is -0.496 e. The van der Waals surface area contributed by atoms with Gasteiger partial charge in [-0.2, -0.15) is 0 Å². The van der Waals surface area contributed by atoms with Crippen LogP contribution in [0.3, 0.4) is 0 Å². The fraction of sp³-hybridized carbons (Fsp3) is 0.222. The fourth-order valence-corrected chi connectivity index (χ4v) is 1.20. The van der Waals surface area contributed by atoms with E-state index in [1.54, 1.807) is 12.1 Å². The Hall–Kier alpha value is -1.49. The smallest absolute Gasteiger partial charge is 0.305 e. The molecule has 0 aliphatic carbocycles. The van der Waals surface area contributed by atoms with E-state index >= 15 is 0 Å². The Balaban J connectivity index is 3.31. The summed E-state index contributed by atoms with van der Waals surface area (Å²) in [4.78, 5) is 10.7. The van der Waals surface area contributed by atoms with Crippen LogP contribution < -0.4 is 14.9 Å². The molecule has 1 aromatic carbocycles. The van der Waals surface area contributed by atoms with Gasteiger partial charge in [-0.1, -0.05) is 0 Å². The molecule has 0 aliphatic rings. The van der Waals surface area contributed by atoms with Crippen molar-refractivity contribution in [1.29, 1.82) is 0 Å². The topological polar surface area (TPSA) is 55.8 Å². The van der Waals surface area contributed by atoms with Crippen LogP contribution in [0.5, 0.6) is 11.5 Å². The first-order valence-corrected chi connectivity index (χ1v) is 4.07. The highest BCUT2D eigenvalue weighted by atomic mass is 16.5. The maximum atomic E-state index is 10.7. The monoisotopic (exact) mass is 194 g/mol. The van der Waals surface area contributed by atoms with Crippen molar-refractivity contribution < 1.29 is 19.3 Å². The van der Waals surface area contributed by atoms with Crippen LogP contribution in [0.4, 0.5) is 0 Å².